The SMILES string of the molecule is CCCCC/C=C\C/C=C\CCCCCCCCCC(=O)OC(COC(=O)CCCCCCC)COC(=O)CCCCCCCCCCCCCCCCCCCCCCCCCCCC. The molecule has 1 unspecified atom stereocenters. The third-order valence-electron chi connectivity index (χ3n) is 13.2. The second-order valence-electron chi connectivity index (χ2n) is 19.9. The zero-order valence-corrected chi connectivity index (χ0v) is 44.5. The van der Waals surface area contributed by atoms with Gasteiger partial charge in [-0.3, -0.25) is 14.4 Å². The lowest BCUT2D eigenvalue weighted by atomic mass is 10.0. The minimum absolute atomic E-state index is 0.0707. The molecule has 0 amide bonds. The highest BCUT2D eigenvalue weighted by Gasteiger charge is 2.19. The number of unbranched alkanes of at least 4 members (excludes halogenated alkanes) is 39. The van der Waals surface area contributed by atoms with Crippen molar-refractivity contribution in [1.29, 1.82) is 0 Å². The molecule has 66 heavy (non-hydrogen) atoms. The van der Waals surface area contributed by atoms with Crippen molar-refractivity contribution >= 4 is 17.9 Å². The third kappa shape index (κ3) is 52.9. The summed E-state index contributed by atoms with van der Waals surface area (Å²) in [7, 11) is 0. The highest BCUT2D eigenvalue weighted by Crippen LogP contribution is 2.17. The number of hydrogen-bond donors (Lipinski definition) is 0. The first-order valence-corrected chi connectivity index (χ1v) is 29.3. The van der Waals surface area contributed by atoms with Crippen LogP contribution in [0.3, 0.4) is 0 Å². The van der Waals surface area contributed by atoms with Crippen LogP contribution in [0.1, 0.15) is 323 Å². The van der Waals surface area contributed by atoms with E-state index in [4.69, 9.17) is 14.2 Å². The zero-order valence-electron chi connectivity index (χ0n) is 44.5. The van der Waals surface area contributed by atoms with Crippen LogP contribution in [-0.2, 0) is 28.6 Å². The Balaban J connectivity index is 3.99. The lowest BCUT2D eigenvalue weighted by Gasteiger charge is -2.18. The van der Waals surface area contributed by atoms with Gasteiger partial charge in [0.05, 0.1) is 0 Å². The smallest absolute Gasteiger partial charge is 0.306 e. The molecule has 1 atom stereocenters. The Bertz CT molecular complexity index is 1070. The number of esters is 3. The van der Waals surface area contributed by atoms with Gasteiger partial charge >= 0.3 is 17.9 Å². The Morgan fingerprint density at radius 1 is 0.303 bits per heavy atom. The Morgan fingerprint density at radius 2 is 0.545 bits per heavy atom. The van der Waals surface area contributed by atoms with Crippen LogP contribution in [-0.4, -0.2) is 37.2 Å². The molecule has 0 radical (unpaired) electrons. The highest BCUT2D eigenvalue weighted by atomic mass is 16.6. The molecule has 6 nitrogen and oxygen atoms in total. The maximum atomic E-state index is 12.8. The molecule has 0 heterocycles. The van der Waals surface area contributed by atoms with Gasteiger partial charge in [-0.15, -0.1) is 0 Å². The molecule has 0 saturated heterocycles. The van der Waals surface area contributed by atoms with Crippen molar-refractivity contribution < 1.29 is 28.6 Å². The average Bonchev–Trinajstić information content (AvgIpc) is 3.31. The van der Waals surface area contributed by atoms with E-state index in [1.165, 1.54) is 205 Å². The van der Waals surface area contributed by atoms with Crippen molar-refractivity contribution in [3.05, 3.63) is 24.3 Å². The normalized spacial score (nSPS) is 12.1. The van der Waals surface area contributed by atoms with E-state index in [0.29, 0.717) is 19.3 Å². The molecule has 0 rings (SSSR count). The molecule has 0 aromatic heterocycles. The van der Waals surface area contributed by atoms with Gasteiger partial charge in [-0.2, -0.15) is 0 Å². The summed E-state index contributed by atoms with van der Waals surface area (Å²) in [5, 5.41) is 0. The number of rotatable bonds is 54. The van der Waals surface area contributed by atoms with Crippen molar-refractivity contribution in [1.82, 2.24) is 0 Å². The summed E-state index contributed by atoms with van der Waals surface area (Å²) >= 11 is 0. The molecule has 388 valence electrons. The van der Waals surface area contributed by atoms with Gasteiger partial charge in [0.15, 0.2) is 6.10 Å². The van der Waals surface area contributed by atoms with Gasteiger partial charge in [-0.1, -0.05) is 276 Å². The predicted molar refractivity (Wildman–Crippen MR) is 284 cm³/mol. The van der Waals surface area contributed by atoms with E-state index in [1.54, 1.807) is 0 Å². The molecule has 0 N–H and O–H groups in total. The van der Waals surface area contributed by atoms with Gasteiger partial charge in [-0.05, 0) is 51.4 Å². The molecule has 0 aromatic rings. The van der Waals surface area contributed by atoms with Crippen LogP contribution in [0.2, 0.25) is 0 Å². The van der Waals surface area contributed by atoms with Gasteiger partial charge in [0, 0.05) is 19.3 Å². The topological polar surface area (TPSA) is 78.9 Å². The molecule has 0 aliphatic rings. The second-order valence-corrected chi connectivity index (χ2v) is 19.9. The summed E-state index contributed by atoms with van der Waals surface area (Å²) in [6.07, 6.45) is 65.1. The Labute approximate surface area is 411 Å². The summed E-state index contributed by atoms with van der Waals surface area (Å²) in [4.78, 5) is 37.8. The number of ether oxygens (including phenoxy) is 3. The van der Waals surface area contributed by atoms with Crippen LogP contribution in [0.15, 0.2) is 24.3 Å². The van der Waals surface area contributed by atoms with Crippen molar-refractivity contribution in [2.45, 2.75) is 329 Å². The first-order chi connectivity index (χ1) is 32.5. The van der Waals surface area contributed by atoms with E-state index in [1.807, 2.05) is 0 Å². The van der Waals surface area contributed by atoms with Crippen LogP contribution < -0.4 is 0 Å². The van der Waals surface area contributed by atoms with Crippen molar-refractivity contribution in [2.75, 3.05) is 13.2 Å². The van der Waals surface area contributed by atoms with Gasteiger partial charge in [-0.25, -0.2) is 0 Å². The van der Waals surface area contributed by atoms with Crippen LogP contribution in [0, 0.1) is 0 Å². The standard InChI is InChI=1S/C60H112O6/c1-4-7-10-13-15-17-19-21-23-25-26-27-28-29-30-31-32-33-35-36-38-40-42-44-47-50-53-59(62)65-56-57(55-64-58(61)52-49-46-12-9-6-3)66-60(63)54-51-48-45-43-41-39-37-34-24-22-20-18-16-14-11-8-5-2/h16,18,22,24,57H,4-15,17,19-21,23,25-56H2,1-3H3/b18-16-,24-22-. The molecule has 0 spiro atoms. The fourth-order valence-electron chi connectivity index (χ4n) is 8.77. The Hall–Kier alpha value is -2.11. The highest BCUT2D eigenvalue weighted by molar-refractivity contribution is 5.71. The largest absolute Gasteiger partial charge is 0.462 e. The summed E-state index contributed by atoms with van der Waals surface area (Å²) in [5.74, 6) is -0.876. The average molecular weight is 930 g/mol. The number of hydrogen-bond acceptors (Lipinski definition) is 6. The van der Waals surface area contributed by atoms with Crippen LogP contribution in [0.5, 0.6) is 0 Å². The van der Waals surface area contributed by atoms with Crippen LogP contribution >= 0.6 is 0 Å². The number of carbonyl (C=O) groups is 3. The number of allylic oxidation sites excluding steroid dienone is 4. The second kappa shape index (κ2) is 55.5. The lowest BCUT2D eigenvalue weighted by molar-refractivity contribution is -0.167. The Kier molecular flexibility index (Phi) is 53.7. The van der Waals surface area contributed by atoms with E-state index < -0.39 is 6.10 Å². The molecule has 0 aromatic carbocycles. The molecule has 0 saturated carbocycles. The number of carbonyl (C=O) groups excluding carboxylic acids is 3. The van der Waals surface area contributed by atoms with Gasteiger partial charge in [0.2, 0.25) is 0 Å². The molecule has 0 aliphatic carbocycles. The monoisotopic (exact) mass is 929 g/mol. The van der Waals surface area contributed by atoms with Gasteiger partial charge in [0.25, 0.3) is 0 Å². The predicted octanol–water partition coefficient (Wildman–Crippen LogP) is 19.5. The van der Waals surface area contributed by atoms with Gasteiger partial charge in [0.1, 0.15) is 13.2 Å². The molecule has 0 fully saturated rings. The van der Waals surface area contributed by atoms with Crippen LogP contribution in [0.25, 0.3) is 0 Å². The Morgan fingerprint density at radius 3 is 0.864 bits per heavy atom. The zero-order chi connectivity index (χ0) is 47.9. The summed E-state index contributed by atoms with van der Waals surface area (Å²) in [6.45, 7) is 6.57. The van der Waals surface area contributed by atoms with Crippen molar-refractivity contribution in [2.24, 2.45) is 0 Å². The van der Waals surface area contributed by atoms with Crippen LogP contribution in [0.4, 0.5) is 0 Å². The minimum atomic E-state index is -0.768. The van der Waals surface area contributed by atoms with Crippen molar-refractivity contribution in [3.8, 4) is 0 Å². The van der Waals surface area contributed by atoms with E-state index in [-0.39, 0.29) is 31.1 Å². The maximum absolute atomic E-state index is 12.8. The fourth-order valence-corrected chi connectivity index (χ4v) is 8.77. The fraction of sp³-hybridized carbons (Fsp3) is 0.883. The minimum Gasteiger partial charge on any atom is -0.462 e. The maximum Gasteiger partial charge on any atom is 0.306 e. The molecular weight excluding hydrogens is 817 g/mol. The summed E-state index contributed by atoms with van der Waals surface area (Å²) in [6, 6.07) is 0. The molecule has 0 bridgehead atoms. The van der Waals surface area contributed by atoms with E-state index in [2.05, 4.69) is 45.1 Å². The first kappa shape index (κ1) is 63.9. The summed E-state index contributed by atoms with van der Waals surface area (Å²) < 4.78 is 16.7. The van der Waals surface area contributed by atoms with Gasteiger partial charge < -0.3 is 14.2 Å². The first-order valence-electron chi connectivity index (χ1n) is 29.3. The molecule has 0 aliphatic heterocycles. The third-order valence-corrected chi connectivity index (χ3v) is 13.2. The quantitative estimate of drug-likeness (QED) is 0.0262. The van der Waals surface area contributed by atoms with E-state index in [9.17, 15) is 14.4 Å². The summed E-state index contributed by atoms with van der Waals surface area (Å²) in [5.41, 5.74) is 0. The van der Waals surface area contributed by atoms with E-state index >= 15 is 0 Å². The molecular formula is C60H112O6. The van der Waals surface area contributed by atoms with Crippen molar-refractivity contribution in [3.63, 3.8) is 0 Å². The molecule has 6 heteroatoms. The lowest BCUT2D eigenvalue weighted by Crippen LogP contribution is -2.30. The van der Waals surface area contributed by atoms with E-state index in [0.717, 1.165) is 77.0 Å².